The molecule has 0 saturated carbocycles. The molecule has 1 atom stereocenters. The maximum atomic E-state index is 12.7. The van der Waals surface area contributed by atoms with Crippen molar-refractivity contribution in [1.29, 1.82) is 0 Å². The largest absolute Gasteiger partial charge is 0.497 e. The molecule has 0 bridgehead atoms. The molecule has 2 aromatic carbocycles. The summed E-state index contributed by atoms with van der Waals surface area (Å²) in [5, 5.41) is 0.959. The van der Waals surface area contributed by atoms with Crippen LogP contribution in [-0.4, -0.2) is 42.6 Å². The number of aromatic nitrogens is 1. The van der Waals surface area contributed by atoms with Crippen LogP contribution in [-0.2, 0) is 6.42 Å². The molecule has 1 N–H and O–H groups in total. The molecule has 1 aliphatic rings. The van der Waals surface area contributed by atoms with Crippen LogP contribution in [0, 0.1) is 0 Å². The van der Waals surface area contributed by atoms with E-state index in [1.54, 1.807) is 19.1 Å². The van der Waals surface area contributed by atoms with Gasteiger partial charge in [0.15, 0.2) is 0 Å². The summed E-state index contributed by atoms with van der Waals surface area (Å²) in [5.74, 6) is 1.65. The van der Waals surface area contributed by atoms with Crippen molar-refractivity contribution in [3.63, 3.8) is 0 Å². The number of rotatable bonds is 4. The number of H-pyrrole nitrogens is 1. The van der Waals surface area contributed by atoms with Crippen molar-refractivity contribution in [2.45, 2.75) is 12.5 Å². The number of para-hydroxylation sites is 1. The Hall–Kier alpha value is -2.95. The van der Waals surface area contributed by atoms with E-state index in [0.717, 1.165) is 28.8 Å². The first kappa shape index (κ1) is 15.6. The number of carbonyl (C=O) groups excluding carboxylic acids is 1. The zero-order valence-corrected chi connectivity index (χ0v) is 14.3. The molecule has 0 radical (unpaired) electrons. The molecule has 1 aromatic heterocycles. The molecule has 2 heterocycles. The Morgan fingerprint density at radius 2 is 2.12 bits per heavy atom. The van der Waals surface area contributed by atoms with Crippen molar-refractivity contribution < 1.29 is 14.3 Å². The molecule has 5 heteroatoms. The third-order valence-electron chi connectivity index (χ3n) is 4.60. The maximum absolute atomic E-state index is 12.7. The number of ether oxygens (including phenoxy) is 2. The van der Waals surface area contributed by atoms with Crippen LogP contribution in [0.3, 0.4) is 0 Å². The van der Waals surface area contributed by atoms with Gasteiger partial charge >= 0.3 is 0 Å². The number of benzene rings is 2. The normalized spacial score (nSPS) is 15.7. The maximum Gasteiger partial charge on any atom is 0.270 e. The first-order chi connectivity index (χ1) is 12.1. The number of hydrogen-bond acceptors (Lipinski definition) is 3. The Morgan fingerprint density at radius 1 is 1.28 bits per heavy atom. The number of nitrogens with zero attached hydrogens (tertiary/aromatic N) is 1. The number of fused-ring (bicyclic) bond motifs is 2. The Balaban J connectivity index is 1.47. The van der Waals surface area contributed by atoms with E-state index in [9.17, 15) is 4.79 Å². The smallest absolute Gasteiger partial charge is 0.270 e. The minimum absolute atomic E-state index is 0.00387. The summed E-state index contributed by atoms with van der Waals surface area (Å²) in [5.41, 5.74) is 2.69. The predicted octanol–water partition coefficient (Wildman–Crippen LogP) is 3.25. The highest BCUT2D eigenvalue weighted by atomic mass is 16.5. The number of hydrogen-bond donors (Lipinski definition) is 1. The number of carbonyl (C=O) groups is 1. The minimum Gasteiger partial charge on any atom is -0.497 e. The number of aromatic amines is 1. The van der Waals surface area contributed by atoms with Crippen molar-refractivity contribution in [3.8, 4) is 11.5 Å². The molecule has 0 saturated heterocycles. The molecule has 0 aliphatic carbocycles. The molecule has 4 rings (SSSR count). The second-order valence-electron chi connectivity index (χ2n) is 6.37. The van der Waals surface area contributed by atoms with Crippen LogP contribution in [0.25, 0.3) is 10.9 Å². The second kappa shape index (κ2) is 6.16. The highest BCUT2D eigenvalue weighted by Crippen LogP contribution is 2.28. The van der Waals surface area contributed by atoms with E-state index in [1.165, 1.54) is 5.56 Å². The van der Waals surface area contributed by atoms with Gasteiger partial charge in [0.05, 0.1) is 13.7 Å². The summed E-state index contributed by atoms with van der Waals surface area (Å²) in [7, 11) is 3.44. The van der Waals surface area contributed by atoms with Gasteiger partial charge in [0, 0.05) is 24.4 Å². The first-order valence-corrected chi connectivity index (χ1v) is 8.31. The molecule has 3 aromatic rings. The molecular weight excluding hydrogens is 316 g/mol. The predicted molar refractivity (Wildman–Crippen MR) is 96.4 cm³/mol. The number of methoxy groups -OCH3 is 1. The van der Waals surface area contributed by atoms with Gasteiger partial charge < -0.3 is 19.4 Å². The SMILES string of the molecule is COc1ccc2[nH]c(C(=O)N(C)C[C@@H]3Cc4ccccc4O3)cc2c1. The minimum atomic E-state index is -0.0466. The van der Waals surface area contributed by atoms with Crippen molar-refractivity contribution in [1.82, 2.24) is 9.88 Å². The van der Waals surface area contributed by atoms with Gasteiger partial charge in [-0.05, 0) is 35.9 Å². The van der Waals surface area contributed by atoms with Crippen LogP contribution in [0.15, 0.2) is 48.5 Å². The third kappa shape index (κ3) is 2.93. The molecule has 0 unspecified atom stereocenters. The summed E-state index contributed by atoms with van der Waals surface area (Å²) in [6, 6.07) is 15.6. The highest BCUT2D eigenvalue weighted by molar-refractivity contribution is 5.98. The average Bonchev–Trinajstić information content (AvgIpc) is 3.23. The molecule has 1 amide bonds. The Bertz CT molecular complexity index is 907. The first-order valence-electron chi connectivity index (χ1n) is 8.31. The molecule has 25 heavy (non-hydrogen) atoms. The number of likely N-dealkylation sites (N-methyl/N-ethyl adjacent to an activating group) is 1. The van der Waals surface area contributed by atoms with E-state index in [1.807, 2.05) is 42.5 Å². The number of nitrogens with one attached hydrogen (secondary N) is 1. The lowest BCUT2D eigenvalue weighted by molar-refractivity contribution is 0.0725. The summed E-state index contributed by atoms with van der Waals surface area (Å²) in [6.45, 7) is 0.548. The van der Waals surface area contributed by atoms with Crippen LogP contribution >= 0.6 is 0 Å². The fourth-order valence-corrected chi connectivity index (χ4v) is 3.30. The molecule has 5 nitrogen and oxygen atoms in total. The van der Waals surface area contributed by atoms with Crippen LogP contribution in [0.1, 0.15) is 16.1 Å². The summed E-state index contributed by atoms with van der Waals surface area (Å²) in [4.78, 5) is 17.6. The van der Waals surface area contributed by atoms with Crippen LogP contribution in [0.5, 0.6) is 11.5 Å². The van der Waals surface area contributed by atoms with E-state index in [0.29, 0.717) is 12.2 Å². The van der Waals surface area contributed by atoms with E-state index >= 15 is 0 Å². The Labute approximate surface area is 146 Å². The van der Waals surface area contributed by atoms with Gasteiger partial charge in [0.25, 0.3) is 5.91 Å². The zero-order chi connectivity index (χ0) is 17.4. The quantitative estimate of drug-likeness (QED) is 0.796. The Morgan fingerprint density at radius 3 is 2.92 bits per heavy atom. The van der Waals surface area contributed by atoms with Gasteiger partial charge in [-0.2, -0.15) is 0 Å². The monoisotopic (exact) mass is 336 g/mol. The lowest BCUT2D eigenvalue weighted by atomic mass is 10.1. The van der Waals surface area contributed by atoms with Gasteiger partial charge in [-0.25, -0.2) is 0 Å². The van der Waals surface area contributed by atoms with Crippen molar-refractivity contribution in [2.24, 2.45) is 0 Å². The van der Waals surface area contributed by atoms with Gasteiger partial charge in [-0.1, -0.05) is 18.2 Å². The fourth-order valence-electron chi connectivity index (χ4n) is 3.30. The van der Waals surface area contributed by atoms with Gasteiger partial charge in [-0.3, -0.25) is 4.79 Å². The molecule has 0 spiro atoms. The van der Waals surface area contributed by atoms with Crippen LogP contribution < -0.4 is 9.47 Å². The van der Waals surface area contributed by atoms with E-state index in [2.05, 4.69) is 11.1 Å². The standard InChI is InChI=1S/C20H20N2O3/c1-22(12-16-9-13-5-3-4-6-19(13)25-16)20(23)18-11-14-10-15(24-2)7-8-17(14)21-18/h3-8,10-11,16,21H,9,12H2,1-2H3/t16-/m0/s1. The number of amides is 1. The van der Waals surface area contributed by atoms with E-state index < -0.39 is 0 Å². The summed E-state index contributed by atoms with van der Waals surface area (Å²) in [6.07, 6.45) is 0.827. The van der Waals surface area contributed by atoms with E-state index in [-0.39, 0.29) is 12.0 Å². The molecule has 0 fully saturated rings. The lowest BCUT2D eigenvalue weighted by Gasteiger charge is -2.20. The summed E-state index contributed by atoms with van der Waals surface area (Å²) < 4.78 is 11.2. The average molecular weight is 336 g/mol. The summed E-state index contributed by atoms with van der Waals surface area (Å²) >= 11 is 0. The van der Waals surface area contributed by atoms with Crippen molar-refractivity contribution in [3.05, 3.63) is 59.8 Å². The fraction of sp³-hybridized carbons (Fsp3) is 0.250. The molecular formula is C20H20N2O3. The van der Waals surface area contributed by atoms with Crippen molar-refractivity contribution >= 4 is 16.8 Å². The van der Waals surface area contributed by atoms with Crippen LogP contribution in [0.4, 0.5) is 0 Å². The van der Waals surface area contributed by atoms with Gasteiger partial charge in [0.1, 0.15) is 23.3 Å². The topological polar surface area (TPSA) is 54.6 Å². The molecule has 1 aliphatic heterocycles. The highest BCUT2D eigenvalue weighted by Gasteiger charge is 2.26. The van der Waals surface area contributed by atoms with E-state index in [4.69, 9.17) is 9.47 Å². The van der Waals surface area contributed by atoms with Gasteiger partial charge in [-0.15, -0.1) is 0 Å². The lowest BCUT2D eigenvalue weighted by Crippen LogP contribution is -2.36. The van der Waals surface area contributed by atoms with Crippen LogP contribution in [0.2, 0.25) is 0 Å². The molecule has 128 valence electrons. The zero-order valence-electron chi connectivity index (χ0n) is 14.3. The Kier molecular flexibility index (Phi) is 3.84. The second-order valence-corrected chi connectivity index (χ2v) is 6.37. The van der Waals surface area contributed by atoms with Gasteiger partial charge in [0.2, 0.25) is 0 Å². The third-order valence-corrected chi connectivity index (χ3v) is 4.60. The van der Waals surface area contributed by atoms with Crippen molar-refractivity contribution in [2.75, 3.05) is 20.7 Å².